The molecule has 136 valence electrons. The highest BCUT2D eigenvalue weighted by molar-refractivity contribution is 6.33. The molecule has 6 heteroatoms. The molecule has 0 aliphatic heterocycles. The summed E-state index contributed by atoms with van der Waals surface area (Å²) in [6, 6.07) is 20.0. The second kappa shape index (κ2) is 8.47. The van der Waals surface area contributed by atoms with Gasteiger partial charge in [0, 0.05) is 0 Å². The molecule has 0 aliphatic carbocycles. The number of hydrogen-bond donors (Lipinski definition) is 1. The average Bonchev–Trinajstić information content (AvgIpc) is 2.69. The Morgan fingerprint density at radius 3 is 2.41 bits per heavy atom. The fraction of sp³-hybridized carbons (Fsp3) is 0.0476. The van der Waals surface area contributed by atoms with Gasteiger partial charge >= 0.3 is 5.97 Å². The third-order valence-electron chi connectivity index (χ3n) is 3.77. The van der Waals surface area contributed by atoms with Gasteiger partial charge in [-0.2, -0.15) is 0 Å². The van der Waals surface area contributed by atoms with Gasteiger partial charge in [0.25, 0.3) is 5.91 Å². The lowest BCUT2D eigenvalue weighted by molar-refractivity contribution is -0.119. The normalized spacial score (nSPS) is 10.3. The molecule has 0 saturated carbocycles. The van der Waals surface area contributed by atoms with Gasteiger partial charge in [0.05, 0.1) is 16.3 Å². The Hall–Kier alpha value is -3.18. The fourth-order valence-electron chi connectivity index (χ4n) is 2.52. The molecule has 0 aliphatic rings. The number of ether oxygens (including phenoxy) is 1. The second-order valence-electron chi connectivity index (χ2n) is 5.66. The Kier molecular flexibility index (Phi) is 5.84. The van der Waals surface area contributed by atoms with Gasteiger partial charge in [-0.3, -0.25) is 4.79 Å². The predicted molar refractivity (Wildman–Crippen MR) is 102 cm³/mol. The standard InChI is InChI=1S/C21H15ClFNO3/c22-18-12-15(23)10-11-19(18)24-20(25)13-27-21(26)17-9-5-4-8-16(17)14-6-2-1-3-7-14/h1-12H,13H2,(H,24,25). The number of carbonyl (C=O) groups is 2. The molecule has 4 nitrogen and oxygen atoms in total. The lowest BCUT2D eigenvalue weighted by Gasteiger charge is -2.11. The second-order valence-corrected chi connectivity index (χ2v) is 6.07. The van der Waals surface area contributed by atoms with Gasteiger partial charge in [-0.15, -0.1) is 0 Å². The van der Waals surface area contributed by atoms with Gasteiger partial charge in [0.15, 0.2) is 6.61 Å². The third-order valence-corrected chi connectivity index (χ3v) is 4.08. The van der Waals surface area contributed by atoms with Crippen molar-refractivity contribution in [3.63, 3.8) is 0 Å². The molecule has 0 fully saturated rings. The quantitative estimate of drug-likeness (QED) is 0.635. The zero-order valence-corrected chi connectivity index (χ0v) is 14.9. The van der Waals surface area contributed by atoms with E-state index in [0.717, 1.165) is 11.6 Å². The van der Waals surface area contributed by atoms with Crippen molar-refractivity contribution in [3.05, 3.63) is 89.2 Å². The van der Waals surface area contributed by atoms with E-state index in [1.165, 1.54) is 12.1 Å². The van der Waals surface area contributed by atoms with Crippen LogP contribution in [0.25, 0.3) is 11.1 Å². The maximum Gasteiger partial charge on any atom is 0.339 e. The fourth-order valence-corrected chi connectivity index (χ4v) is 2.73. The molecule has 0 radical (unpaired) electrons. The van der Waals surface area contributed by atoms with Crippen molar-refractivity contribution in [2.45, 2.75) is 0 Å². The van der Waals surface area contributed by atoms with E-state index in [2.05, 4.69) is 5.32 Å². The monoisotopic (exact) mass is 383 g/mol. The van der Waals surface area contributed by atoms with E-state index < -0.39 is 24.3 Å². The van der Waals surface area contributed by atoms with E-state index in [9.17, 15) is 14.0 Å². The first-order valence-electron chi connectivity index (χ1n) is 8.11. The van der Waals surface area contributed by atoms with Crippen LogP contribution in [0.2, 0.25) is 5.02 Å². The predicted octanol–water partition coefficient (Wildman–Crippen LogP) is 4.94. The number of anilines is 1. The van der Waals surface area contributed by atoms with Gasteiger partial charge in [-0.25, -0.2) is 9.18 Å². The molecule has 3 rings (SSSR count). The molecular weight excluding hydrogens is 369 g/mol. The first-order chi connectivity index (χ1) is 13.0. The van der Waals surface area contributed by atoms with Gasteiger partial charge in [0.1, 0.15) is 5.82 Å². The third kappa shape index (κ3) is 4.71. The number of nitrogens with one attached hydrogen (secondary N) is 1. The topological polar surface area (TPSA) is 55.4 Å². The molecule has 0 spiro atoms. The smallest absolute Gasteiger partial charge is 0.339 e. The highest BCUT2D eigenvalue weighted by Crippen LogP contribution is 2.24. The lowest BCUT2D eigenvalue weighted by Crippen LogP contribution is -2.21. The van der Waals surface area contributed by atoms with Crippen LogP contribution in [0.15, 0.2) is 72.8 Å². The summed E-state index contributed by atoms with van der Waals surface area (Å²) in [5.41, 5.74) is 2.18. The molecule has 1 amide bonds. The number of amides is 1. The Morgan fingerprint density at radius 1 is 0.963 bits per heavy atom. The molecule has 27 heavy (non-hydrogen) atoms. The van der Waals surface area contributed by atoms with Crippen LogP contribution in [-0.2, 0) is 9.53 Å². The van der Waals surface area contributed by atoms with E-state index in [1.54, 1.807) is 12.1 Å². The minimum absolute atomic E-state index is 0.0594. The lowest BCUT2D eigenvalue weighted by atomic mass is 10.00. The van der Waals surface area contributed by atoms with Crippen LogP contribution in [0.4, 0.5) is 10.1 Å². The number of benzene rings is 3. The van der Waals surface area contributed by atoms with E-state index in [0.29, 0.717) is 11.1 Å². The summed E-state index contributed by atoms with van der Waals surface area (Å²) in [5, 5.41) is 2.54. The summed E-state index contributed by atoms with van der Waals surface area (Å²) in [6.07, 6.45) is 0. The maximum absolute atomic E-state index is 13.0. The van der Waals surface area contributed by atoms with Crippen molar-refractivity contribution in [1.29, 1.82) is 0 Å². The Labute approximate surface area is 160 Å². The molecule has 0 heterocycles. The minimum atomic E-state index is -0.616. The Bertz CT molecular complexity index is 976. The summed E-state index contributed by atoms with van der Waals surface area (Å²) in [5.74, 6) is -1.70. The van der Waals surface area contributed by atoms with Crippen molar-refractivity contribution < 1.29 is 18.7 Å². The minimum Gasteiger partial charge on any atom is -0.452 e. The van der Waals surface area contributed by atoms with Crippen molar-refractivity contribution in [2.75, 3.05) is 11.9 Å². The molecule has 3 aromatic rings. The first kappa shape index (κ1) is 18.6. The van der Waals surface area contributed by atoms with Crippen molar-refractivity contribution in [3.8, 4) is 11.1 Å². The SMILES string of the molecule is O=C(COC(=O)c1ccccc1-c1ccccc1)Nc1ccc(F)cc1Cl. The zero-order valence-electron chi connectivity index (χ0n) is 14.1. The Morgan fingerprint density at radius 2 is 1.67 bits per heavy atom. The number of esters is 1. The zero-order chi connectivity index (χ0) is 19.2. The van der Waals surface area contributed by atoms with Crippen LogP contribution in [0.5, 0.6) is 0 Å². The first-order valence-corrected chi connectivity index (χ1v) is 8.49. The molecule has 0 atom stereocenters. The van der Waals surface area contributed by atoms with Crippen LogP contribution >= 0.6 is 11.6 Å². The number of halogens is 2. The summed E-state index contributed by atoms with van der Waals surface area (Å²) in [6.45, 7) is -0.490. The summed E-state index contributed by atoms with van der Waals surface area (Å²) in [7, 11) is 0. The van der Waals surface area contributed by atoms with Gasteiger partial charge in [-0.1, -0.05) is 60.1 Å². The van der Waals surface area contributed by atoms with Crippen LogP contribution < -0.4 is 5.32 Å². The van der Waals surface area contributed by atoms with Crippen LogP contribution in [0.1, 0.15) is 10.4 Å². The summed E-state index contributed by atoms with van der Waals surface area (Å²) < 4.78 is 18.2. The number of hydrogen-bond acceptors (Lipinski definition) is 3. The van der Waals surface area contributed by atoms with Crippen LogP contribution in [-0.4, -0.2) is 18.5 Å². The Balaban J connectivity index is 1.67. The number of rotatable bonds is 5. The molecule has 0 bridgehead atoms. The maximum atomic E-state index is 13.0. The van der Waals surface area contributed by atoms with Crippen LogP contribution in [0, 0.1) is 5.82 Å². The van der Waals surface area contributed by atoms with E-state index >= 15 is 0 Å². The molecule has 0 unspecified atom stereocenters. The molecule has 0 aromatic heterocycles. The van der Waals surface area contributed by atoms with Crippen molar-refractivity contribution in [2.24, 2.45) is 0 Å². The highest BCUT2D eigenvalue weighted by atomic mass is 35.5. The van der Waals surface area contributed by atoms with E-state index in [1.807, 2.05) is 42.5 Å². The number of carbonyl (C=O) groups excluding carboxylic acids is 2. The summed E-state index contributed by atoms with van der Waals surface area (Å²) in [4.78, 5) is 24.4. The van der Waals surface area contributed by atoms with Gasteiger partial charge < -0.3 is 10.1 Å². The molecular formula is C21H15ClFNO3. The van der Waals surface area contributed by atoms with E-state index in [-0.39, 0.29) is 10.7 Å². The van der Waals surface area contributed by atoms with E-state index in [4.69, 9.17) is 16.3 Å². The molecule has 3 aromatic carbocycles. The van der Waals surface area contributed by atoms with Gasteiger partial charge in [0.2, 0.25) is 0 Å². The van der Waals surface area contributed by atoms with Crippen molar-refractivity contribution >= 4 is 29.2 Å². The van der Waals surface area contributed by atoms with Crippen LogP contribution in [0.3, 0.4) is 0 Å². The molecule has 1 N–H and O–H groups in total. The van der Waals surface area contributed by atoms with Gasteiger partial charge in [-0.05, 0) is 35.4 Å². The highest BCUT2D eigenvalue weighted by Gasteiger charge is 2.15. The van der Waals surface area contributed by atoms with Crippen molar-refractivity contribution in [1.82, 2.24) is 0 Å². The average molecular weight is 384 g/mol. The molecule has 0 saturated heterocycles. The summed E-state index contributed by atoms with van der Waals surface area (Å²) >= 11 is 5.86. The largest absolute Gasteiger partial charge is 0.452 e.